The molecule has 112 valence electrons. The molecule has 1 amide bonds. The van der Waals surface area contributed by atoms with Crippen LogP contribution in [-0.4, -0.2) is 31.4 Å². The molecule has 0 aliphatic heterocycles. The number of hydrogen-bond acceptors (Lipinski definition) is 2. The van der Waals surface area contributed by atoms with E-state index in [1.165, 1.54) is 11.0 Å². The molecule has 1 aromatic rings. The molecule has 0 heterocycles. The van der Waals surface area contributed by atoms with E-state index in [0.29, 0.717) is 25.1 Å². The third-order valence-electron chi connectivity index (χ3n) is 2.62. The Balaban J connectivity index is 2.56. The third kappa shape index (κ3) is 5.28. The molecule has 0 unspecified atom stereocenters. The summed E-state index contributed by atoms with van der Waals surface area (Å²) in [6.07, 6.45) is -3.56. The van der Waals surface area contributed by atoms with Crippen LogP contribution in [0.4, 0.5) is 18.9 Å². The first-order chi connectivity index (χ1) is 9.20. The van der Waals surface area contributed by atoms with Crippen molar-refractivity contribution >= 4 is 23.2 Å². The zero-order chi connectivity index (χ0) is 15.3. The number of carbonyl (C=O) groups excluding carboxylic acids is 1. The van der Waals surface area contributed by atoms with Crippen molar-refractivity contribution in [3.05, 3.63) is 28.8 Å². The van der Waals surface area contributed by atoms with Gasteiger partial charge in [0.1, 0.15) is 0 Å². The van der Waals surface area contributed by atoms with E-state index >= 15 is 0 Å². The summed E-state index contributed by atoms with van der Waals surface area (Å²) in [4.78, 5) is 12.8. The standard InChI is InChI=1S/C13H16ClF3N2O/c1-19(2)12(20)4-3-5-18-11-7-9(13(15,16)17)6-10(14)8-11/h6-8,18H,3-5H2,1-2H3. The lowest BCUT2D eigenvalue weighted by molar-refractivity contribution is -0.137. The van der Waals surface area contributed by atoms with Gasteiger partial charge in [-0.2, -0.15) is 13.2 Å². The smallest absolute Gasteiger partial charge is 0.385 e. The van der Waals surface area contributed by atoms with E-state index in [-0.39, 0.29) is 10.9 Å². The van der Waals surface area contributed by atoms with Crippen LogP contribution in [0.25, 0.3) is 0 Å². The SMILES string of the molecule is CN(C)C(=O)CCCNc1cc(Cl)cc(C(F)(F)F)c1. The van der Waals surface area contributed by atoms with Crippen molar-refractivity contribution in [1.82, 2.24) is 4.90 Å². The number of rotatable bonds is 5. The number of nitrogens with zero attached hydrogens (tertiary/aromatic N) is 1. The lowest BCUT2D eigenvalue weighted by atomic mass is 10.2. The average molecular weight is 309 g/mol. The van der Waals surface area contributed by atoms with Gasteiger partial charge in [-0.15, -0.1) is 0 Å². The Hall–Kier alpha value is -1.43. The van der Waals surface area contributed by atoms with Gasteiger partial charge in [-0.05, 0) is 24.6 Å². The van der Waals surface area contributed by atoms with E-state index in [0.717, 1.165) is 12.1 Å². The minimum Gasteiger partial charge on any atom is -0.385 e. The molecule has 0 atom stereocenters. The monoisotopic (exact) mass is 308 g/mol. The van der Waals surface area contributed by atoms with Crippen LogP contribution >= 0.6 is 11.6 Å². The maximum atomic E-state index is 12.6. The number of amides is 1. The number of carbonyl (C=O) groups is 1. The zero-order valence-corrected chi connectivity index (χ0v) is 12.0. The molecule has 0 saturated heterocycles. The van der Waals surface area contributed by atoms with Gasteiger partial charge in [0.15, 0.2) is 0 Å². The molecule has 7 heteroatoms. The molecule has 0 aromatic heterocycles. The molecule has 0 aliphatic carbocycles. The summed E-state index contributed by atoms with van der Waals surface area (Å²) >= 11 is 5.66. The molecule has 0 bridgehead atoms. The first-order valence-corrected chi connectivity index (χ1v) is 6.40. The summed E-state index contributed by atoms with van der Waals surface area (Å²) in [6.45, 7) is 0.400. The average Bonchev–Trinajstić information content (AvgIpc) is 2.32. The summed E-state index contributed by atoms with van der Waals surface area (Å²) in [5, 5.41) is 2.86. The third-order valence-corrected chi connectivity index (χ3v) is 2.84. The van der Waals surface area contributed by atoms with Crippen LogP contribution in [0, 0.1) is 0 Å². The first-order valence-electron chi connectivity index (χ1n) is 6.02. The molecule has 0 radical (unpaired) electrons. The maximum Gasteiger partial charge on any atom is 0.416 e. The van der Waals surface area contributed by atoms with Gasteiger partial charge in [0.25, 0.3) is 0 Å². The normalized spacial score (nSPS) is 11.3. The van der Waals surface area contributed by atoms with Crippen molar-refractivity contribution in [3.63, 3.8) is 0 Å². The van der Waals surface area contributed by atoms with Crippen molar-refractivity contribution in [2.24, 2.45) is 0 Å². The van der Waals surface area contributed by atoms with Crippen LogP contribution in [0.1, 0.15) is 18.4 Å². The van der Waals surface area contributed by atoms with Gasteiger partial charge in [-0.1, -0.05) is 11.6 Å². The van der Waals surface area contributed by atoms with Gasteiger partial charge in [0, 0.05) is 37.8 Å². The van der Waals surface area contributed by atoms with Crippen molar-refractivity contribution in [2.75, 3.05) is 26.0 Å². The molecule has 0 saturated carbocycles. The quantitative estimate of drug-likeness (QED) is 0.842. The fourth-order valence-corrected chi connectivity index (χ4v) is 1.79. The molecule has 1 aromatic carbocycles. The van der Waals surface area contributed by atoms with Crippen molar-refractivity contribution < 1.29 is 18.0 Å². The molecular weight excluding hydrogens is 293 g/mol. The lowest BCUT2D eigenvalue weighted by Crippen LogP contribution is -2.22. The van der Waals surface area contributed by atoms with E-state index in [4.69, 9.17) is 11.6 Å². The fourth-order valence-electron chi connectivity index (χ4n) is 1.55. The van der Waals surface area contributed by atoms with Gasteiger partial charge >= 0.3 is 6.18 Å². The first kappa shape index (κ1) is 16.6. The Morgan fingerprint density at radius 2 is 1.95 bits per heavy atom. The fraction of sp³-hybridized carbons (Fsp3) is 0.462. The molecule has 0 aliphatic rings. The Labute approximate surface area is 120 Å². The summed E-state index contributed by atoms with van der Waals surface area (Å²) in [6, 6.07) is 3.30. The Morgan fingerprint density at radius 3 is 2.50 bits per heavy atom. The molecule has 3 nitrogen and oxygen atoms in total. The minimum atomic E-state index is -4.43. The van der Waals surface area contributed by atoms with E-state index in [1.54, 1.807) is 14.1 Å². The van der Waals surface area contributed by atoms with Crippen molar-refractivity contribution in [1.29, 1.82) is 0 Å². The van der Waals surface area contributed by atoms with E-state index in [1.807, 2.05) is 0 Å². The topological polar surface area (TPSA) is 32.3 Å². The van der Waals surface area contributed by atoms with Crippen molar-refractivity contribution in [2.45, 2.75) is 19.0 Å². The van der Waals surface area contributed by atoms with E-state index < -0.39 is 11.7 Å². The van der Waals surface area contributed by atoms with E-state index in [9.17, 15) is 18.0 Å². The number of alkyl halides is 3. The predicted molar refractivity (Wildman–Crippen MR) is 72.9 cm³/mol. The second-order valence-corrected chi connectivity index (χ2v) is 4.98. The molecule has 0 fully saturated rings. The highest BCUT2D eigenvalue weighted by atomic mass is 35.5. The van der Waals surface area contributed by atoms with Gasteiger partial charge in [-0.25, -0.2) is 0 Å². The Bertz CT molecular complexity index is 475. The molecule has 20 heavy (non-hydrogen) atoms. The lowest BCUT2D eigenvalue weighted by Gasteiger charge is -2.12. The zero-order valence-electron chi connectivity index (χ0n) is 11.2. The Morgan fingerprint density at radius 1 is 1.30 bits per heavy atom. The predicted octanol–water partition coefficient (Wildman–Crippen LogP) is 3.64. The highest BCUT2D eigenvalue weighted by Crippen LogP contribution is 2.33. The van der Waals surface area contributed by atoms with Gasteiger partial charge in [-0.3, -0.25) is 4.79 Å². The highest BCUT2D eigenvalue weighted by molar-refractivity contribution is 6.30. The number of halogens is 4. The molecular formula is C13H16ClF3N2O. The second-order valence-electron chi connectivity index (χ2n) is 4.54. The number of benzene rings is 1. The molecule has 1 N–H and O–H groups in total. The summed E-state index contributed by atoms with van der Waals surface area (Å²) < 4.78 is 37.8. The summed E-state index contributed by atoms with van der Waals surface area (Å²) in [5.74, 6) is -0.0196. The van der Waals surface area contributed by atoms with Crippen molar-refractivity contribution in [3.8, 4) is 0 Å². The highest BCUT2D eigenvalue weighted by Gasteiger charge is 2.31. The number of anilines is 1. The van der Waals surface area contributed by atoms with Crippen LogP contribution in [0.2, 0.25) is 5.02 Å². The largest absolute Gasteiger partial charge is 0.416 e. The Kier molecular flexibility index (Phi) is 5.68. The van der Waals surface area contributed by atoms with Crippen LogP contribution < -0.4 is 5.32 Å². The van der Waals surface area contributed by atoms with Crippen LogP contribution in [0.3, 0.4) is 0 Å². The maximum absolute atomic E-state index is 12.6. The molecule has 1 rings (SSSR count). The summed E-state index contributed by atoms with van der Waals surface area (Å²) in [5.41, 5.74) is -0.501. The van der Waals surface area contributed by atoms with Crippen LogP contribution in [-0.2, 0) is 11.0 Å². The number of hydrogen-bond donors (Lipinski definition) is 1. The van der Waals surface area contributed by atoms with E-state index in [2.05, 4.69) is 5.32 Å². The van der Waals surface area contributed by atoms with Gasteiger partial charge < -0.3 is 10.2 Å². The summed E-state index contributed by atoms with van der Waals surface area (Å²) in [7, 11) is 3.31. The second kappa shape index (κ2) is 6.83. The van der Waals surface area contributed by atoms with Gasteiger partial charge in [0.05, 0.1) is 5.56 Å². The van der Waals surface area contributed by atoms with Crippen LogP contribution in [0.15, 0.2) is 18.2 Å². The molecule has 0 spiro atoms. The van der Waals surface area contributed by atoms with Crippen LogP contribution in [0.5, 0.6) is 0 Å². The number of nitrogens with one attached hydrogen (secondary N) is 1. The minimum absolute atomic E-state index is 0.0196. The van der Waals surface area contributed by atoms with Gasteiger partial charge in [0.2, 0.25) is 5.91 Å².